The Balaban J connectivity index is 2.01. The minimum atomic E-state index is -1.38. The summed E-state index contributed by atoms with van der Waals surface area (Å²) in [4.78, 5) is 26.6. The van der Waals surface area contributed by atoms with E-state index in [0.29, 0.717) is 0 Å². The molecule has 7 nitrogen and oxygen atoms in total. The second-order valence-corrected chi connectivity index (χ2v) is 5.23. The van der Waals surface area contributed by atoms with Crippen molar-refractivity contribution in [1.29, 1.82) is 0 Å². The van der Waals surface area contributed by atoms with Crippen molar-refractivity contribution in [2.45, 2.75) is 38.8 Å². The van der Waals surface area contributed by atoms with Gasteiger partial charge < -0.3 is 15.2 Å². The number of ether oxygens (including phenoxy) is 2. The summed E-state index contributed by atoms with van der Waals surface area (Å²) >= 11 is 0. The number of hydrogen-bond donors (Lipinski definition) is 1. The molecule has 0 saturated carbocycles. The van der Waals surface area contributed by atoms with Gasteiger partial charge in [-0.15, -0.1) is 0 Å². The van der Waals surface area contributed by atoms with Crippen molar-refractivity contribution >= 4 is 11.8 Å². The molecule has 21 heavy (non-hydrogen) atoms. The molecule has 2 heterocycles. The molecular weight excluding hydrogens is 281 g/mol. The van der Waals surface area contributed by atoms with Crippen LogP contribution in [-0.2, 0) is 14.3 Å². The first-order valence-electron chi connectivity index (χ1n) is 6.69. The number of nitrogens with zero attached hydrogens (tertiary/aromatic N) is 2. The molecular formula is C13H18FN3O4. The predicted molar refractivity (Wildman–Crippen MR) is 72.1 cm³/mol. The van der Waals surface area contributed by atoms with Crippen LogP contribution in [0.1, 0.15) is 26.5 Å². The van der Waals surface area contributed by atoms with Gasteiger partial charge in [0, 0.05) is 12.6 Å². The van der Waals surface area contributed by atoms with E-state index in [1.165, 1.54) is 12.3 Å². The SMILES string of the molecule is CC(C)C(=O)OCC1CC(F)C(n2ccc(N)nc2=O)O1. The lowest BCUT2D eigenvalue weighted by molar-refractivity contribution is -0.152. The van der Waals surface area contributed by atoms with Crippen LogP contribution in [0.2, 0.25) is 0 Å². The molecule has 3 atom stereocenters. The van der Waals surface area contributed by atoms with Crippen LogP contribution in [0.5, 0.6) is 0 Å². The van der Waals surface area contributed by atoms with Crippen LogP contribution in [0, 0.1) is 5.92 Å². The smallest absolute Gasteiger partial charge is 0.351 e. The molecule has 8 heteroatoms. The number of hydrogen-bond acceptors (Lipinski definition) is 6. The molecule has 0 aromatic carbocycles. The van der Waals surface area contributed by atoms with Crippen molar-refractivity contribution < 1.29 is 18.7 Å². The molecule has 1 saturated heterocycles. The van der Waals surface area contributed by atoms with Crippen molar-refractivity contribution in [1.82, 2.24) is 9.55 Å². The summed E-state index contributed by atoms with van der Waals surface area (Å²) in [6, 6.07) is 1.39. The average molecular weight is 299 g/mol. The van der Waals surface area contributed by atoms with Crippen molar-refractivity contribution in [3.63, 3.8) is 0 Å². The first-order chi connectivity index (χ1) is 9.88. The third-order valence-corrected chi connectivity index (χ3v) is 3.14. The first-order valence-corrected chi connectivity index (χ1v) is 6.69. The summed E-state index contributed by atoms with van der Waals surface area (Å²) in [5.74, 6) is -0.567. The summed E-state index contributed by atoms with van der Waals surface area (Å²) in [6.45, 7) is 3.38. The van der Waals surface area contributed by atoms with Gasteiger partial charge in [0.1, 0.15) is 18.6 Å². The van der Waals surface area contributed by atoms with Crippen molar-refractivity contribution in [2.24, 2.45) is 5.92 Å². The maximum atomic E-state index is 14.0. The number of rotatable bonds is 4. The summed E-state index contributed by atoms with van der Waals surface area (Å²) in [5, 5.41) is 0. The highest BCUT2D eigenvalue weighted by atomic mass is 19.1. The highest BCUT2D eigenvalue weighted by molar-refractivity contribution is 5.71. The van der Waals surface area contributed by atoms with E-state index in [4.69, 9.17) is 15.2 Å². The Bertz CT molecular complexity index is 575. The Morgan fingerprint density at radius 1 is 1.67 bits per heavy atom. The second kappa shape index (κ2) is 6.21. The number of nitrogens with two attached hydrogens (primary N) is 1. The van der Waals surface area contributed by atoms with Crippen LogP contribution in [-0.4, -0.2) is 34.4 Å². The Hall–Kier alpha value is -1.96. The lowest BCUT2D eigenvalue weighted by Crippen LogP contribution is -2.30. The minimum Gasteiger partial charge on any atom is -0.463 e. The topological polar surface area (TPSA) is 96.4 Å². The Labute approximate surface area is 120 Å². The van der Waals surface area contributed by atoms with Crippen LogP contribution in [0.4, 0.5) is 10.2 Å². The number of halogens is 1. The molecule has 0 amide bonds. The lowest BCUT2D eigenvalue weighted by atomic mass is 10.2. The Morgan fingerprint density at radius 3 is 3.00 bits per heavy atom. The van der Waals surface area contributed by atoms with E-state index >= 15 is 0 Å². The van der Waals surface area contributed by atoms with E-state index in [0.717, 1.165) is 4.57 Å². The van der Waals surface area contributed by atoms with Crippen LogP contribution in [0.3, 0.4) is 0 Å². The number of carbonyl (C=O) groups excluding carboxylic acids is 1. The van der Waals surface area contributed by atoms with Crippen molar-refractivity contribution in [2.75, 3.05) is 12.3 Å². The number of esters is 1. The fourth-order valence-corrected chi connectivity index (χ4v) is 2.01. The van der Waals surface area contributed by atoms with Gasteiger partial charge in [0.25, 0.3) is 0 Å². The fourth-order valence-electron chi connectivity index (χ4n) is 2.01. The van der Waals surface area contributed by atoms with Gasteiger partial charge >= 0.3 is 11.7 Å². The molecule has 0 aliphatic carbocycles. The van der Waals surface area contributed by atoms with E-state index in [9.17, 15) is 14.0 Å². The van der Waals surface area contributed by atoms with Gasteiger partial charge in [0.05, 0.1) is 12.0 Å². The maximum Gasteiger partial charge on any atom is 0.351 e. The number of alkyl halides is 1. The zero-order valence-corrected chi connectivity index (χ0v) is 11.9. The molecule has 0 radical (unpaired) electrons. The van der Waals surface area contributed by atoms with E-state index in [-0.39, 0.29) is 30.7 Å². The Kier molecular flexibility index (Phi) is 4.56. The van der Waals surface area contributed by atoms with Gasteiger partial charge in [0.2, 0.25) is 0 Å². The highest BCUT2D eigenvalue weighted by Crippen LogP contribution is 2.30. The molecule has 2 N–H and O–H groups in total. The zero-order valence-electron chi connectivity index (χ0n) is 11.9. The number of carbonyl (C=O) groups is 1. The molecule has 1 aliphatic rings. The molecule has 116 valence electrons. The van der Waals surface area contributed by atoms with Gasteiger partial charge in [-0.1, -0.05) is 13.8 Å². The lowest BCUT2D eigenvalue weighted by Gasteiger charge is -2.16. The highest BCUT2D eigenvalue weighted by Gasteiger charge is 2.38. The van der Waals surface area contributed by atoms with Gasteiger partial charge in [-0.25, -0.2) is 9.18 Å². The van der Waals surface area contributed by atoms with Crippen LogP contribution >= 0.6 is 0 Å². The molecule has 1 aromatic rings. The van der Waals surface area contributed by atoms with Gasteiger partial charge in [-0.2, -0.15) is 4.98 Å². The normalized spacial score (nSPS) is 25.2. The molecule has 1 fully saturated rings. The summed E-state index contributed by atoms with van der Waals surface area (Å²) in [7, 11) is 0. The summed E-state index contributed by atoms with van der Waals surface area (Å²) in [6.07, 6.45) is -1.65. The third-order valence-electron chi connectivity index (χ3n) is 3.14. The van der Waals surface area contributed by atoms with Crippen LogP contribution in [0.25, 0.3) is 0 Å². The standard InChI is InChI=1S/C13H18FN3O4/c1-7(2)12(18)20-6-8-5-9(14)11(21-8)17-4-3-10(15)16-13(17)19/h3-4,7-9,11H,5-6H2,1-2H3,(H2,15,16,19). The molecule has 3 unspecified atom stereocenters. The molecule has 1 aliphatic heterocycles. The van der Waals surface area contributed by atoms with Crippen molar-refractivity contribution in [3.05, 3.63) is 22.7 Å². The van der Waals surface area contributed by atoms with Gasteiger partial charge in [0.15, 0.2) is 6.23 Å². The molecule has 1 aromatic heterocycles. The quantitative estimate of drug-likeness (QED) is 0.820. The van der Waals surface area contributed by atoms with E-state index in [2.05, 4.69) is 4.98 Å². The molecule has 0 bridgehead atoms. The average Bonchev–Trinajstić information content (AvgIpc) is 2.77. The Morgan fingerprint density at radius 2 is 2.38 bits per heavy atom. The summed E-state index contributed by atoms with van der Waals surface area (Å²) in [5.41, 5.74) is 4.70. The minimum absolute atomic E-state index is 0.0366. The van der Waals surface area contributed by atoms with Crippen LogP contribution < -0.4 is 11.4 Å². The van der Waals surface area contributed by atoms with E-state index < -0.39 is 24.2 Å². The zero-order chi connectivity index (χ0) is 15.6. The summed E-state index contributed by atoms with van der Waals surface area (Å²) < 4.78 is 25.5. The largest absolute Gasteiger partial charge is 0.463 e. The monoisotopic (exact) mass is 299 g/mol. The first kappa shape index (κ1) is 15.4. The fraction of sp³-hybridized carbons (Fsp3) is 0.615. The molecule has 2 rings (SSSR count). The second-order valence-electron chi connectivity index (χ2n) is 5.23. The predicted octanol–water partition coefficient (Wildman–Crippen LogP) is 0.650. The maximum absolute atomic E-state index is 14.0. The molecule has 0 spiro atoms. The van der Waals surface area contributed by atoms with Gasteiger partial charge in [-0.05, 0) is 6.07 Å². The van der Waals surface area contributed by atoms with E-state index in [1.807, 2.05) is 0 Å². The van der Waals surface area contributed by atoms with Gasteiger partial charge in [-0.3, -0.25) is 9.36 Å². The van der Waals surface area contributed by atoms with Crippen molar-refractivity contribution in [3.8, 4) is 0 Å². The third kappa shape index (κ3) is 3.57. The number of aromatic nitrogens is 2. The number of nitrogen functional groups attached to an aromatic ring is 1. The number of anilines is 1. The van der Waals surface area contributed by atoms with Crippen LogP contribution in [0.15, 0.2) is 17.1 Å². The van der Waals surface area contributed by atoms with E-state index in [1.54, 1.807) is 13.8 Å².